The number of imidazole rings is 1. The maximum absolute atomic E-state index is 12.5. The fourth-order valence-corrected chi connectivity index (χ4v) is 3.51. The monoisotopic (exact) mass is 373 g/mol. The molecular weight excluding hydrogens is 357 g/mol. The van der Waals surface area contributed by atoms with Crippen molar-refractivity contribution in [1.82, 2.24) is 14.9 Å². The second-order valence-corrected chi connectivity index (χ2v) is 7.11. The number of rotatable bonds is 2. The number of carbonyl (C=O) groups is 1. The van der Waals surface area contributed by atoms with E-state index in [0.717, 1.165) is 48.4 Å². The maximum Gasteiger partial charge on any atom is 0.253 e. The average Bonchev–Trinajstić information content (AvgIpc) is 3.05. The number of aromatic nitrogens is 2. The summed E-state index contributed by atoms with van der Waals surface area (Å²) in [5.74, 6) is 0.833. The van der Waals surface area contributed by atoms with Crippen LogP contribution in [0.25, 0.3) is 22.4 Å². The zero-order valence-electron chi connectivity index (χ0n) is 13.6. The number of hydrogen-bond acceptors (Lipinski definition) is 2. The fraction of sp³-hybridized carbons (Fsp3) is 0.263. The van der Waals surface area contributed by atoms with E-state index in [1.165, 1.54) is 6.42 Å². The number of H-pyrrole nitrogens is 1. The highest BCUT2D eigenvalue weighted by molar-refractivity contribution is 6.42. The quantitative estimate of drug-likeness (QED) is 0.673. The van der Waals surface area contributed by atoms with Crippen molar-refractivity contribution in [2.24, 2.45) is 0 Å². The summed E-state index contributed by atoms with van der Waals surface area (Å²) in [6, 6.07) is 11.1. The smallest absolute Gasteiger partial charge is 0.253 e. The van der Waals surface area contributed by atoms with Crippen LogP contribution in [0, 0.1) is 0 Å². The van der Waals surface area contributed by atoms with Crippen LogP contribution in [0.15, 0.2) is 36.4 Å². The lowest BCUT2D eigenvalue weighted by Gasteiger charge is -2.26. The highest BCUT2D eigenvalue weighted by Crippen LogP contribution is 2.29. The third-order valence-electron chi connectivity index (χ3n) is 4.57. The first-order chi connectivity index (χ1) is 12.1. The minimum absolute atomic E-state index is 0.106. The Kier molecular flexibility index (Phi) is 4.40. The molecule has 1 aromatic heterocycles. The molecule has 2 heterocycles. The summed E-state index contributed by atoms with van der Waals surface area (Å²) in [5.41, 5.74) is 3.22. The summed E-state index contributed by atoms with van der Waals surface area (Å²) in [6.07, 6.45) is 3.39. The molecule has 1 aliphatic heterocycles. The molecule has 25 heavy (non-hydrogen) atoms. The van der Waals surface area contributed by atoms with Gasteiger partial charge < -0.3 is 9.88 Å². The number of benzene rings is 2. The van der Waals surface area contributed by atoms with Crippen LogP contribution in [0.4, 0.5) is 0 Å². The van der Waals surface area contributed by atoms with E-state index in [1.54, 1.807) is 12.1 Å². The molecule has 1 saturated heterocycles. The van der Waals surface area contributed by atoms with Gasteiger partial charge in [-0.25, -0.2) is 4.98 Å². The molecule has 0 atom stereocenters. The van der Waals surface area contributed by atoms with Gasteiger partial charge in [-0.15, -0.1) is 0 Å². The van der Waals surface area contributed by atoms with Gasteiger partial charge in [-0.3, -0.25) is 4.79 Å². The lowest BCUT2D eigenvalue weighted by atomic mass is 10.1. The van der Waals surface area contributed by atoms with Gasteiger partial charge in [0.15, 0.2) is 0 Å². The summed E-state index contributed by atoms with van der Waals surface area (Å²) in [4.78, 5) is 22.3. The number of piperidine rings is 1. The van der Waals surface area contributed by atoms with E-state index in [4.69, 9.17) is 23.2 Å². The Labute approximate surface area is 155 Å². The maximum atomic E-state index is 12.5. The summed E-state index contributed by atoms with van der Waals surface area (Å²) in [7, 11) is 0. The summed E-state index contributed by atoms with van der Waals surface area (Å²) in [5, 5.41) is 0.974. The zero-order valence-corrected chi connectivity index (χ0v) is 15.1. The van der Waals surface area contributed by atoms with Gasteiger partial charge >= 0.3 is 0 Å². The number of carbonyl (C=O) groups excluding carboxylic acids is 1. The van der Waals surface area contributed by atoms with E-state index in [0.29, 0.717) is 15.6 Å². The van der Waals surface area contributed by atoms with Crippen molar-refractivity contribution < 1.29 is 4.79 Å². The molecule has 1 amide bonds. The minimum atomic E-state index is 0.106. The molecule has 128 valence electrons. The topological polar surface area (TPSA) is 49.0 Å². The van der Waals surface area contributed by atoms with Crippen molar-refractivity contribution in [2.45, 2.75) is 19.3 Å². The van der Waals surface area contributed by atoms with Crippen molar-refractivity contribution >= 4 is 40.1 Å². The molecule has 0 bridgehead atoms. The molecule has 4 rings (SSSR count). The highest BCUT2D eigenvalue weighted by atomic mass is 35.5. The zero-order chi connectivity index (χ0) is 17.4. The number of fused-ring (bicyclic) bond motifs is 1. The van der Waals surface area contributed by atoms with Gasteiger partial charge in [-0.1, -0.05) is 35.3 Å². The van der Waals surface area contributed by atoms with Crippen LogP contribution < -0.4 is 0 Å². The van der Waals surface area contributed by atoms with Gasteiger partial charge in [0, 0.05) is 24.2 Å². The first kappa shape index (κ1) is 16.4. The van der Waals surface area contributed by atoms with Crippen LogP contribution in [-0.2, 0) is 0 Å². The molecule has 0 spiro atoms. The van der Waals surface area contributed by atoms with Crippen molar-refractivity contribution in [2.75, 3.05) is 13.1 Å². The van der Waals surface area contributed by atoms with Crippen LogP contribution >= 0.6 is 23.2 Å². The number of amides is 1. The van der Waals surface area contributed by atoms with E-state index >= 15 is 0 Å². The number of likely N-dealkylation sites (tertiary alicyclic amines) is 1. The van der Waals surface area contributed by atoms with Gasteiger partial charge in [-0.05, 0) is 43.5 Å². The molecule has 1 fully saturated rings. The third-order valence-corrected chi connectivity index (χ3v) is 5.29. The first-order valence-electron chi connectivity index (χ1n) is 8.36. The summed E-state index contributed by atoms with van der Waals surface area (Å²) >= 11 is 12.1. The number of nitrogens with zero attached hydrogens (tertiary/aromatic N) is 2. The Hall–Kier alpha value is -2.04. The number of aromatic amines is 1. The average molecular weight is 374 g/mol. The van der Waals surface area contributed by atoms with Crippen LogP contribution in [0.1, 0.15) is 29.6 Å². The van der Waals surface area contributed by atoms with Crippen LogP contribution in [-0.4, -0.2) is 33.9 Å². The Balaban J connectivity index is 1.60. The second kappa shape index (κ2) is 6.70. The lowest BCUT2D eigenvalue weighted by molar-refractivity contribution is 0.0724. The van der Waals surface area contributed by atoms with Crippen LogP contribution in [0.2, 0.25) is 10.0 Å². The van der Waals surface area contributed by atoms with Crippen LogP contribution in [0.3, 0.4) is 0 Å². The largest absolute Gasteiger partial charge is 0.339 e. The molecule has 1 N–H and O–H groups in total. The molecule has 0 radical (unpaired) electrons. The molecule has 0 saturated carbocycles. The normalized spacial score (nSPS) is 14.9. The van der Waals surface area contributed by atoms with E-state index in [-0.39, 0.29) is 5.91 Å². The van der Waals surface area contributed by atoms with E-state index in [9.17, 15) is 4.79 Å². The molecule has 3 aromatic rings. The number of hydrogen-bond donors (Lipinski definition) is 1. The number of nitrogens with one attached hydrogen (secondary N) is 1. The van der Waals surface area contributed by atoms with Crippen molar-refractivity contribution in [3.8, 4) is 11.4 Å². The lowest BCUT2D eigenvalue weighted by Crippen LogP contribution is -2.35. The second-order valence-electron chi connectivity index (χ2n) is 6.30. The highest BCUT2D eigenvalue weighted by Gasteiger charge is 2.18. The minimum Gasteiger partial charge on any atom is -0.339 e. The molecule has 4 nitrogen and oxygen atoms in total. The third kappa shape index (κ3) is 3.24. The van der Waals surface area contributed by atoms with Crippen molar-refractivity contribution in [3.05, 3.63) is 52.0 Å². The predicted molar refractivity (Wildman–Crippen MR) is 101 cm³/mol. The van der Waals surface area contributed by atoms with Gasteiger partial charge in [0.1, 0.15) is 5.82 Å². The van der Waals surface area contributed by atoms with Crippen molar-refractivity contribution in [3.63, 3.8) is 0 Å². The molecular formula is C19H17Cl2N3O. The standard InChI is InChI=1S/C19H17Cl2N3O/c20-14-10-16-17(11-15(14)21)23-18(22-16)12-4-6-13(7-5-12)19(25)24-8-2-1-3-9-24/h4-7,10-11H,1-3,8-9H2,(H,22,23). The first-order valence-corrected chi connectivity index (χ1v) is 9.12. The van der Waals surface area contributed by atoms with Crippen molar-refractivity contribution in [1.29, 1.82) is 0 Å². The van der Waals surface area contributed by atoms with Gasteiger partial charge in [0.25, 0.3) is 5.91 Å². The Bertz CT molecular complexity index is 889. The SMILES string of the molecule is O=C(c1ccc(-c2nc3cc(Cl)c(Cl)cc3[nH]2)cc1)N1CCCCC1. The van der Waals surface area contributed by atoms with E-state index < -0.39 is 0 Å². The Morgan fingerprint density at radius 2 is 1.68 bits per heavy atom. The van der Waals surface area contributed by atoms with Gasteiger partial charge in [0.2, 0.25) is 0 Å². The molecule has 0 aliphatic carbocycles. The molecule has 2 aromatic carbocycles. The Morgan fingerprint density at radius 3 is 2.40 bits per heavy atom. The fourth-order valence-electron chi connectivity index (χ4n) is 3.19. The molecule has 1 aliphatic rings. The molecule has 6 heteroatoms. The Morgan fingerprint density at radius 1 is 1.00 bits per heavy atom. The van der Waals surface area contributed by atoms with Gasteiger partial charge in [0.05, 0.1) is 21.1 Å². The van der Waals surface area contributed by atoms with E-state index in [1.807, 2.05) is 29.2 Å². The van der Waals surface area contributed by atoms with Crippen LogP contribution in [0.5, 0.6) is 0 Å². The number of halogens is 2. The molecule has 0 unspecified atom stereocenters. The summed E-state index contributed by atoms with van der Waals surface area (Å²) in [6.45, 7) is 1.71. The van der Waals surface area contributed by atoms with E-state index in [2.05, 4.69) is 9.97 Å². The summed E-state index contributed by atoms with van der Waals surface area (Å²) < 4.78 is 0. The predicted octanol–water partition coefficient (Wildman–Crippen LogP) is 5.16. The van der Waals surface area contributed by atoms with Gasteiger partial charge in [-0.2, -0.15) is 0 Å².